The van der Waals surface area contributed by atoms with Crippen LogP contribution in [0.3, 0.4) is 0 Å². The average molecular weight is 303 g/mol. The molecule has 0 spiro atoms. The Kier molecular flexibility index (Phi) is 4.22. The molecule has 1 amide bonds. The van der Waals surface area contributed by atoms with Gasteiger partial charge in [-0.15, -0.1) is 0 Å². The van der Waals surface area contributed by atoms with Gasteiger partial charge in [0.05, 0.1) is 11.5 Å². The van der Waals surface area contributed by atoms with Gasteiger partial charge in [-0.25, -0.2) is 8.42 Å². The second-order valence-electron chi connectivity index (χ2n) is 5.75. The molecule has 8 heteroatoms. The molecule has 1 unspecified atom stereocenters. The average Bonchev–Trinajstić information content (AvgIpc) is 3.02. The number of amidine groups is 1. The summed E-state index contributed by atoms with van der Waals surface area (Å²) in [6.45, 7) is 0.332. The molecule has 1 aliphatic carbocycles. The molecular formula is C12H21N3O4S. The summed E-state index contributed by atoms with van der Waals surface area (Å²) in [5, 5.41) is 14.7. The summed E-state index contributed by atoms with van der Waals surface area (Å²) in [6.07, 6.45) is 3.44. The van der Waals surface area contributed by atoms with E-state index in [1.807, 2.05) is 0 Å². The van der Waals surface area contributed by atoms with E-state index in [1.165, 1.54) is 0 Å². The molecule has 0 radical (unpaired) electrons. The summed E-state index contributed by atoms with van der Waals surface area (Å²) in [7, 11) is -2.94. The zero-order valence-corrected chi connectivity index (χ0v) is 12.2. The number of nitrogens with one attached hydrogen (secondary N) is 1. The molecule has 2 fully saturated rings. The molecule has 4 N–H and O–H groups in total. The van der Waals surface area contributed by atoms with Crippen LogP contribution in [0.5, 0.6) is 0 Å². The van der Waals surface area contributed by atoms with Gasteiger partial charge in [-0.3, -0.25) is 4.79 Å². The van der Waals surface area contributed by atoms with Crippen molar-refractivity contribution in [1.82, 2.24) is 5.32 Å². The number of hydrogen-bond acceptors (Lipinski definition) is 5. The highest BCUT2D eigenvalue weighted by Gasteiger charge is 2.45. The minimum atomic E-state index is -2.94. The number of carbonyl (C=O) groups is 1. The van der Waals surface area contributed by atoms with Crippen molar-refractivity contribution < 1.29 is 18.4 Å². The third-order valence-corrected chi connectivity index (χ3v) is 6.20. The fraction of sp³-hybridized carbons (Fsp3) is 0.833. The maximum Gasteiger partial charge on any atom is 0.233 e. The van der Waals surface area contributed by atoms with Crippen molar-refractivity contribution in [3.05, 3.63) is 0 Å². The molecule has 0 aromatic heterocycles. The molecule has 7 nitrogen and oxygen atoms in total. The summed E-state index contributed by atoms with van der Waals surface area (Å²) >= 11 is 0. The van der Waals surface area contributed by atoms with Gasteiger partial charge in [0.2, 0.25) is 5.91 Å². The van der Waals surface area contributed by atoms with E-state index in [0.29, 0.717) is 25.8 Å². The molecule has 0 aromatic carbocycles. The van der Waals surface area contributed by atoms with Crippen LogP contribution in [0.4, 0.5) is 0 Å². The van der Waals surface area contributed by atoms with Gasteiger partial charge in [-0.1, -0.05) is 18.0 Å². The first-order valence-corrected chi connectivity index (χ1v) is 8.68. The smallest absolute Gasteiger partial charge is 0.233 e. The number of rotatable bonds is 4. The van der Waals surface area contributed by atoms with Gasteiger partial charge in [-0.05, 0) is 25.2 Å². The summed E-state index contributed by atoms with van der Waals surface area (Å²) < 4.78 is 22.7. The Morgan fingerprint density at radius 3 is 2.55 bits per heavy atom. The van der Waals surface area contributed by atoms with Crippen LogP contribution in [-0.2, 0) is 14.6 Å². The van der Waals surface area contributed by atoms with Gasteiger partial charge in [0.25, 0.3) is 0 Å². The number of sulfone groups is 1. The Labute approximate surface area is 118 Å². The van der Waals surface area contributed by atoms with E-state index in [0.717, 1.165) is 12.8 Å². The number of oxime groups is 1. The van der Waals surface area contributed by atoms with E-state index in [1.54, 1.807) is 0 Å². The van der Waals surface area contributed by atoms with Crippen LogP contribution < -0.4 is 11.1 Å². The third kappa shape index (κ3) is 2.89. The largest absolute Gasteiger partial charge is 0.409 e. The van der Waals surface area contributed by atoms with Crippen LogP contribution >= 0.6 is 0 Å². The highest BCUT2D eigenvalue weighted by atomic mass is 32.2. The van der Waals surface area contributed by atoms with Crippen molar-refractivity contribution in [2.75, 3.05) is 18.1 Å². The predicted molar refractivity (Wildman–Crippen MR) is 74.1 cm³/mol. The van der Waals surface area contributed by atoms with Crippen LogP contribution in [0, 0.1) is 11.3 Å². The lowest BCUT2D eigenvalue weighted by atomic mass is 9.83. The van der Waals surface area contributed by atoms with Crippen LogP contribution in [-0.4, -0.2) is 43.4 Å². The normalized spacial score (nSPS) is 28.4. The minimum absolute atomic E-state index is 0.0327. The second kappa shape index (κ2) is 5.59. The number of nitrogens with two attached hydrogens (primary N) is 1. The lowest BCUT2D eigenvalue weighted by Gasteiger charge is -2.26. The summed E-state index contributed by atoms with van der Waals surface area (Å²) in [5.74, 6) is -0.0150. The van der Waals surface area contributed by atoms with Crippen molar-refractivity contribution in [3.8, 4) is 0 Å². The van der Waals surface area contributed by atoms with Gasteiger partial charge in [-0.2, -0.15) is 0 Å². The SMILES string of the molecule is NC(=NO)C1(C(=O)NCC2CCS(=O)(=O)C2)CCCC1. The van der Waals surface area contributed by atoms with Gasteiger partial charge in [0, 0.05) is 6.54 Å². The molecule has 2 aliphatic rings. The lowest BCUT2D eigenvalue weighted by Crippen LogP contribution is -2.49. The maximum absolute atomic E-state index is 12.4. The van der Waals surface area contributed by atoms with Crippen molar-refractivity contribution >= 4 is 21.6 Å². The number of amides is 1. The number of carbonyl (C=O) groups excluding carboxylic acids is 1. The Morgan fingerprint density at radius 2 is 2.05 bits per heavy atom. The van der Waals surface area contributed by atoms with Crippen LogP contribution in [0.2, 0.25) is 0 Å². The van der Waals surface area contributed by atoms with Crippen LogP contribution in [0.1, 0.15) is 32.1 Å². The number of nitrogens with zero attached hydrogens (tertiary/aromatic N) is 1. The first-order chi connectivity index (χ1) is 9.39. The van der Waals surface area contributed by atoms with Gasteiger partial charge in [0.1, 0.15) is 5.41 Å². The molecule has 1 aliphatic heterocycles. The Balaban J connectivity index is 1.97. The Bertz CT molecular complexity index is 509. The zero-order valence-electron chi connectivity index (χ0n) is 11.3. The minimum Gasteiger partial charge on any atom is -0.409 e. The van der Waals surface area contributed by atoms with Crippen LogP contribution in [0.15, 0.2) is 5.16 Å². The molecule has 20 heavy (non-hydrogen) atoms. The van der Waals surface area contributed by atoms with Gasteiger partial charge >= 0.3 is 0 Å². The molecule has 0 aromatic rings. The molecule has 114 valence electrons. The predicted octanol–water partition coefficient (Wildman–Crippen LogP) is -0.156. The molecule has 1 saturated carbocycles. The molecule has 1 heterocycles. The number of hydrogen-bond donors (Lipinski definition) is 3. The van der Waals surface area contributed by atoms with E-state index >= 15 is 0 Å². The molecule has 1 atom stereocenters. The highest BCUT2D eigenvalue weighted by Crippen LogP contribution is 2.38. The molecular weight excluding hydrogens is 282 g/mol. The monoisotopic (exact) mass is 303 g/mol. The standard InChI is InChI=1S/C12H21N3O4S/c13-10(15-17)12(4-1-2-5-12)11(16)14-7-9-3-6-20(18,19)8-9/h9,17H,1-8H2,(H2,13,15)(H,14,16). The van der Waals surface area contributed by atoms with E-state index in [-0.39, 0.29) is 29.2 Å². The highest BCUT2D eigenvalue weighted by molar-refractivity contribution is 7.91. The maximum atomic E-state index is 12.4. The van der Waals surface area contributed by atoms with Crippen molar-refractivity contribution in [3.63, 3.8) is 0 Å². The van der Waals surface area contributed by atoms with Crippen molar-refractivity contribution in [2.45, 2.75) is 32.1 Å². The van der Waals surface area contributed by atoms with Gasteiger partial charge in [0.15, 0.2) is 15.7 Å². The van der Waals surface area contributed by atoms with Crippen molar-refractivity contribution in [2.24, 2.45) is 22.2 Å². The topological polar surface area (TPSA) is 122 Å². The molecule has 1 saturated heterocycles. The summed E-state index contributed by atoms with van der Waals surface area (Å²) in [4.78, 5) is 12.4. The van der Waals surface area contributed by atoms with Crippen molar-refractivity contribution in [1.29, 1.82) is 0 Å². The summed E-state index contributed by atoms with van der Waals surface area (Å²) in [6, 6.07) is 0. The third-order valence-electron chi connectivity index (χ3n) is 4.37. The van der Waals surface area contributed by atoms with E-state index in [4.69, 9.17) is 10.9 Å². The van der Waals surface area contributed by atoms with E-state index in [2.05, 4.69) is 10.5 Å². The van der Waals surface area contributed by atoms with E-state index in [9.17, 15) is 13.2 Å². The zero-order chi connectivity index (χ0) is 14.8. The summed E-state index contributed by atoms with van der Waals surface area (Å²) in [5.41, 5.74) is 4.76. The Hall–Kier alpha value is -1.31. The quantitative estimate of drug-likeness (QED) is 0.288. The fourth-order valence-corrected chi connectivity index (χ4v) is 4.97. The van der Waals surface area contributed by atoms with Crippen LogP contribution in [0.25, 0.3) is 0 Å². The first-order valence-electron chi connectivity index (χ1n) is 6.86. The van der Waals surface area contributed by atoms with Gasteiger partial charge < -0.3 is 16.3 Å². The lowest BCUT2D eigenvalue weighted by molar-refractivity contribution is -0.127. The second-order valence-corrected chi connectivity index (χ2v) is 7.98. The first kappa shape index (κ1) is 15.1. The molecule has 2 rings (SSSR count). The van der Waals surface area contributed by atoms with E-state index < -0.39 is 15.3 Å². The molecule has 0 bridgehead atoms. The fourth-order valence-electron chi connectivity index (χ4n) is 3.11. The Morgan fingerprint density at radius 1 is 1.40 bits per heavy atom.